The maximum absolute atomic E-state index is 12.6. The molecule has 2 amide bonds. The lowest BCUT2D eigenvalue weighted by molar-refractivity contribution is -0.118. The van der Waals surface area contributed by atoms with Crippen molar-refractivity contribution in [2.45, 2.75) is 17.9 Å². The number of amides is 2. The summed E-state index contributed by atoms with van der Waals surface area (Å²) in [6, 6.07) is 14.7. The number of hydrogen-bond acceptors (Lipinski definition) is 5. The molecule has 0 spiro atoms. The van der Waals surface area contributed by atoms with Gasteiger partial charge >= 0.3 is 6.09 Å². The number of rotatable bonds is 5. The summed E-state index contributed by atoms with van der Waals surface area (Å²) in [6.07, 6.45) is 0.772. The van der Waals surface area contributed by atoms with Crippen molar-refractivity contribution in [3.05, 3.63) is 60.8 Å². The molecule has 3 aromatic rings. The summed E-state index contributed by atoms with van der Waals surface area (Å²) in [4.78, 5) is 23.6. The van der Waals surface area contributed by atoms with Crippen LogP contribution < -0.4 is 10.0 Å². The van der Waals surface area contributed by atoms with Crippen molar-refractivity contribution >= 4 is 38.6 Å². The van der Waals surface area contributed by atoms with E-state index in [1.165, 1.54) is 24.3 Å². The lowest BCUT2D eigenvalue weighted by Gasteiger charge is -2.15. The summed E-state index contributed by atoms with van der Waals surface area (Å²) < 4.78 is 32.0. The zero-order valence-corrected chi connectivity index (χ0v) is 16.1. The first-order chi connectivity index (χ1) is 13.3. The Kier molecular flexibility index (Phi) is 5.36. The van der Waals surface area contributed by atoms with Gasteiger partial charge in [-0.15, -0.1) is 0 Å². The standard InChI is InChI=1S/C19H19N3O5S/c1-13(22-12-11-14-5-3-4-6-17(14)22)18(23)20-15-7-9-16(10-8-15)28(25,26)21-19(24)27-2/h3-13H,1-2H3,(H,20,23)(H,21,24)/t13-/m1/s1. The molecule has 0 bridgehead atoms. The Morgan fingerprint density at radius 2 is 1.71 bits per heavy atom. The minimum absolute atomic E-state index is 0.125. The number of carbonyl (C=O) groups excluding carboxylic acids is 2. The number of anilines is 1. The first-order valence-corrected chi connectivity index (χ1v) is 9.87. The van der Waals surface area contributed by atoms with Crippen LogP contribution in [0, 0.1) is 0 Å². The first kappa shape index (κ1) is 19.4. The van der Waals surface area contributed by atoms with E-state index < -0.39 is 22.2 Å². The third kappa shape index (κ3) is 3.99. The highest BCUT2D eigenvalue weighted by Crippen LogP contribution is 2.21. The molecule has 1 aromatic heterocycles. The fourth-order valence-electron chi connectivity index (χ4n) is 2.74. The van der Waals surface area contributed by atoms with Crippen molar-refractivity contribution in [1.29, 1.82) is 0 Å². The third-order valence-corrected chi connectivity index (χ3v) is 5.59. The molecular weight excluding hydrogens is 382 g/mol. The topological polar surface area (TPSA) is 106 Å². The molecule has 1 heterocycles. The molecule has 0 aliphatic heterocycles. The van der Waals surface area contributed by atoms with Crippen LogP contribution in [0.15, 0.2) is 65.7 Å². The Labute approximate surface area is 162 Å². The number of benzene rings is 2. The summed E-state index contributed by atoms with van der Waals surface area (Å²) in [6.45, 7) is 1.78. The van der Waals surface area contributed by atoms with Crippen molar-refractivity contribution in [2.24, 2.45) is 0 Å². The summed E-state index contributed by atoms with van der Waals surface area (Å²) in [5.41, 5.74) is 1.38. The van der Waals surface area contributed by atoms with Crippen molar-refractivity contribution in [3.63, 3.8) is 0 Å². The molecule has 146 valence electrons. The number of nitrogens with zero attached hydrogens (tertiary/aromatic N) is 1. The quantitative estimate of drug-likeness (QED) is 0.684. The number of carbonyl (C=O) groups is 2. The number of aromatic nitrogens is 1. The number of para-hydroxylation sites is 1. The summed E-state index contributed by atoms with van der Waals surface area (Å²) in [7, 11) is -2.97. The van der Waals surface area contributed by atoms with Gasteiger partial charge in [-0.05, 0) is 48.7 Å². The number of hydrogen-bond donors (Lipinski definition) is 2. The minimum Gasteiger partial charge on any atom is -0.452 e. The molecule has 8 nitrogen and oxygen atoms in total. The number of sulfonamides is 1. The molecule has 3 rings (SSSR count). The molecular formula is C19H19N3O5S. The second kappa shape index (κ2) is 7.73. The van der Waals surface area contributed by atoms with Crippen molar-refractivity contribution in [1.82, 2.24) is 9.29 Å². The first-order valence-electron chi connectivity index (χ1n) is 8.39. The average Bonchev–Trinajstić information content (AvgIpc) is 3.11. The molecule has 0 unspecified atom stereocenters. The Hall–Kier alpha value is -3.33. The Bertz CT molecular complexity index is 1120. The van der Waals surface area contributed by atoms with Gasteiger partial charge in [-0.2, -0.15) is 0 Å². The second-order valence-corrected chi connectivity index (χ2v) is 7.75. The molecule has 0 radical (unpaired) electrons. The lowest BCUT2D eigenvalue weighted by Crippen LogP contribution is -2.30. The van der Waals surface area contributed by atoms with Gasteiger partial charge < -0.3 is 14.6 Å². The average molecular weight is 401 g/mol. The Morgan fingerprint density at radius 1 is 1.04 bits per heavy atom. The van der Waals surface area contributed by atoms with Crippen LogP contribution in [0.4, 0.5) is 10.5 Å². The number of nitrogens with one attached hydrogen (secondary N) is 2. The zero-order chi connectivity index (χ0) is 20.3. The predicted molar refractivity (Wildman–Crippen MR) is 104 cm³/mol. The molecule has 0 aliphatic carbocycles. The predicted octanol–water partition coefficient (Wildman–Crippen LogP) is 2.89. The molecule has 0 fully saturated rings. The monoisotopic (exact) mass is 401 g/mol. The van der Waals surface area contributed by atoms with E-state index in [4.69, 9.17) is 0 Å². The van der Waals surface area contributed by atoms with Crippen LogP contribution in [-0.2, 0) is 19.6 Å². The van der Waals surface area contributed by atoms with Gasteiger partial charge in [-0.25, -0.2) is 17.9 Å². The van der Waals surface area contributed by atoms with Crippen LogP contribution in [-0.4, -0.2) is 32.1 Å². The number of fused-ring (bicyclic) bond motifs is 1. The van der Waals surface area contributed by atoms with Crippen LogP contribution >= 0.6 is 0 Å². The highest BCUT2D eigenvalue weighted by molar-refractivity contribution is 7.90. The SMILES string of the molecule is COC(=O)NS(=O)(=O)c1ccc(NC(=O)[C@@H](C)n2ccc3ccccc32)cc1. The van der Waals surface area contributed by atoms with Gasteiger partial charge in [0.1, 0.15) is 6.04 Å². The smallest absolute Gasteiger partial charge is 0.420 e. The van der Waals surface area contributed by atoms with E-state index in [2.05, 4.69) is 10.1 Å². The van der Waals surface area contributed by atoms with Gasteiger partial charge in [0, 0.05) is 17.4 Å². The second-order valence-electron chi connectivity index (χ2n) is 6.07. The zero-order valence-electron chi connectivity index (χ0n) is 15.2. The maximum atomic E-state index is 12.6. The van der Waals surface area contributed by atoms with Crippen molar-refractivity contribution in [3.8, 4) is 0 Å². The molecule has 0 saturated carbocycles. The largest absolute Gasteiger partial charge is 0.452 e. The molecule has 2 aromatic carbocycles. The van der Waals surface area contributed by atoms with Crippen LogP contribution in [0.5, 0.6) is 0 Å². The van der Waals surface area contributed by atoms with E-state index in [0.717, 1.165) is 18.0 Å². The van der Waals surface area contributed by atoms with E-state index in [9.17, 15) is 18.0 Å². The fraction of sp³-hybridized carbons (Fsp3) is 0.158. The van der Waals surface area contributed by atoms with Gasteiger partial charge in [0.05, 0.1) is 12.0 Å². The normalized spacial score (nSPS) is 12.4. The number of methoxy groups -OCH3 is 1. The summed E-state index contributed by atoms with van der Waals surface area (Å²) >= 11 is 0. The highest BCUT2D eigenvalue weighted by Gasteiger charge is 2.19. The molecule has 1 atom stereocenters. The minimum atomic E-state index is -4.03. The van der Waals surface area contributed by atoms with Crippen LogP contribution in [0.2, 0.25) is 0 Å². The van der Waals surface area contributed by atoms with E-state index in [1.54, 1.807) is 11.6 Å². The third-order valence-electron chi connectivity index (χ3n) is 4.26. The molecule has 9 heteroatoms. The van der Waals surface area contributed by atoms with E-state index >= 15 is 0 Å². The van der Waals surface area contributed by atoms with E-state index in [0.29, 0.717) is 5.69 Å². The van der Waals surface area contributed by atoms with Gasteiger partial charge in [0.2, 0.25) is 5.91 Å². The summed E-state index contributed by atoms with van der Waals surface area (Å²) in [5.74, 6) is -0.246. The van der Waals surface area contributed by atoms with E-state index in [-0.39, 0.29) is 10.8 Å². The molecule has 0 saturated heterocycles. The maximum Gasteiger partial charge on any atom is 0.420 e. The fourth-order valence-corrected chi connectivity index (χ4v) is 3.66. The lowest BCUT2D eigenvalue weighted by atomic mass is 10.2. The van der Waals surface area contributed by atoms with Crippen LogP contribution in [0.25, 0.3) is 10.9 Å². The Balaban J connectivity index is 1.73. The van der Waals surface area contributed by atoms with E-state index in [1.807, 2.05) is 41.1 Å². The Morgan fingerprint density at radius 3 is 2.39 bits per heavy atom. The summed E-state index contributed by atoms with van der Waals surface area (Å²) in [5, 5.41) is 3.80. The highest BCUT2D eigenvalue weighted by atomic mass is 32.2. The van der Waals surface area contributed by atoms with Crippen LogP contribution in [0.3, 0.4) is 0 Å². The van der Waals surface area contributed by atoms with Crippen molar-refractivity contribution in [2.75, 3.05) is 12.4 Å². The molecule has 2 N–H and O–H groups in total. The van der Waals surface area contributed by atoms with Gasteiger partial charge in [-0.3, -0.25) is 4.79 Å². The van der Waals surface area contributed by atoms with Crippen molar-refractivity contribution < 1.29 is 22.7 Å². The molecule has 0 aliphatic rings. The van der Waals surface area contributed by atoms with Crippen LogP contribution in [0.1, 0.15) is 13.0 Å². The number of ether oxygens (including phenoxy) is 1. The molecule has 28 heavy (non-hydrogen) atoms. The van der Waals surface area contributed by atoms with Gasteiger partial charge in [-0.1, -0.05) is 18.2 Å². The van der Waals surface area contributed by atoms with Gasteiger partial charge in [0.25, 0.3) is 10.0 Å². The van der Waals surface area contributed by atoms with Gasteiger partial charge in [0.15, 0.2) is 0 Å².